The van der Waals surface area contributed by atoms with E-state index in [0.717, 1.165) is 5.56 Å². The van der Waals surface area contributed by atoms with E-state index in [9.17, 15) is 28.8 Å². The summed E-state index contributed by atoms with van der Waals surface area (Å²) < 4.78 is 0. The van der Waals surface area contributed by atoms with Crippen molar-refractivity contribution in [1.29, 1.82) is 0 Å². The second-order valence-corrected chi connectivity index (χ2v) is 8.26. The number of nitrogens with one attached hydrogen (secondary N) is 3. The van der Waals surface area contributed by atoms with Gasteiger partial charge in [-0.05, 0) is 17.9 Å². The highest BCUT2D eigenvalue weighted by atomic mass is 16.4. The third-order valence-corrected chi connectivity index (χ3v) is 4.91. The molecule has 0 aliphatic carbocycles. The SMILES string of the molecule is CC(C)C(NC(=O)C(CC(N)=O)NC(=O)C(N)Cc1ccccc1)C(=O)NC(CC(=O)O)C(=O)O. The van der Waals surface area contributed by atoms with E-state index < -0.39 is 78.5 Å². The van der Waals surface area contributed by atoms with Gasteiger partial charge in [0.2, 0.25) is 23.6 Å². The van der Waals surface area contributed by atoms with Gasteiger partial charge in [-0.1, -0.05) is 44.2 Å². The summed E-state index contributed by atoms with van der Waals surface area (Å²) in [5.74, 6) is -7.09. The van der Waals surface area contributed by atoms with Crippen molar-refractivity contribution < 1.29 is 39.0 Å². The van der Waals surface area contributed by atoms with Crippen LogP contribution < -0.4 is 27.4 Å². The van der Waals surface area contributed by atoms with Crippen LogP contribution in [0.25, 0.3) is 0 Å². The lowest BCUT2D eigenvalue weighted by Gasteiger charge is -2.26. The molecule has 1 aromatic rings. The molecule has 0 spiro atoms. The largest absolute Gasteiger partial charge is 0.481 e. The maximum Gasteiger partial charge on any atom is 0.326 e. The summed E-state index contributed by atoms with van der Waals surface area (Å²) >= 11 is 0. The number of carbonyl (C=O) groups is 6. The van der Waals surface area contributed by atoms with Crippen LogP contribution in [0.5, 0.6) is 0 Å². The minimum absolute atomic E-state index is 0.161. The number of hydrogen-bond donors (Lipinski definition) is 7. The summed E-state index contributed by atoms with van der Waals surface area (Å²) in [7, 11) is 0. The number of benzene rings is 1. The molecule has 35 heavy (non-hydrogen) atoms. The number of hydrogen-bond acceptors (Lipinski definition) is 7. The molecule has 0 radical (unpaired) electrons. The Bertz CT molecular complexity index is 937. The lowest BCUT2D eigenvalue weighted by molar-refractivity contribution is -0.147. The fraction of sp³-hybridized carbons (Fsp3) is 0.455. The quantitative estimate of drug-likeness (QED) is 0.153. The van der Waals surface area contributed by atoms with E-state index in [1.165, 1.54) is 0 Å². The molecular formula is C22H31N5O8. The van der Waals surface area contributed by atoms with Crippen LogP contribution >= 0.6 is 0 Å². The van der Waals surface area contributed by atoms with Crippen LogP contribution in [0.3, 0.4) is 0 Å². The molecule has 0 aromatic heterocycles. The van der Waals surface area contributed by atoms with E-state index >= 15 is 0 Å². The zero-order valence-corrected chi connectivity index (χ0v) is 19.4. The van der Waals surface area contributed by atoms with Crippen molar-refractivity contribution >= 4 is 35.6 Å². The first-order valence-electron chi connectivity index (χ1n) is 10.7. The van der Waals surface area contributed by atoms with Crippen LogP contribution in [0.15, 0.2) is 30.3 Å². The van der Waals surface area contributed by atoms with Crippen molar-refractivity contribution in [2.75, 3.05) is 0 Å². The van der Waals surface area contributed by atoms with Gasteiger partial charge in [0.25, 0.3) is 0 Å². The first-order chi connectivity index (χ1) is 16.3. The van der Waals surface area contributed by atoms with Gasteiger partial charge in [0.1, 0.15) is 18.1 Å². The molecule has 13 nitrogen and oxygen atoms in total. The topological polar surface area (TPSA) is 231 Å². The number of aliphatic carboxylic acids is 2. The summed E-state index contributed by atoms with van der Waals surface area (Å²) in [6, 6.07) is 3.34. The minimum Gasteiger partial charge on any atom is -0.481 e. The van der Waals surface area contributed by atoms with E-state index in [2.05, 4.69) is 16.0 Å². The number of carboxylic acid groups (broad SMARTS) is 2. The molecule has 0 fully saturated rings. The predicted octanol–water partition coefficient (Wildman–Crippen LogP) is -1.90. The minimum atomic E-state index is -1.73. The second-order valence-electron chi connectivity index (χ2n) is 8.26. The van der Waals surface area contributed by atoms with Crippen LogP contribution in [-0.4, -0.2) is 69.9 Å². The van der Waals surface area contributed by atoms with Crippen molar-refractivity contribution in [2.24, 2.45) is 17.4 Å². The Morgan fingerprint density at radius 1 is 0.829 bits per heavy atom. The summed E-state index contributed by atoms with van der Waals surface area (Å²) in [5.41, 5.74) is 11.9. The highest BCUT2D eigenvalue weighted by molar-refractivity contribution is 5.96. The lowest BCUT2D eigenvalue weighted by Crippen LogP contribution is -2.59. The van der Waals surface area contributed by atoms with Crippen LogP contribution in [0.2, 0.25) is 0 Å². The maximum atomic E-state index is 12.8. The molecule has 4 amide bonds. The Hall–Kier alpha value is -4.00. The van der Waals surface area contributed by atoms with Crippen molar-refractivity contribution in [3.05, 3.63) is 35.9 Å². The third kappa shape index (κ3) is 10.2. The van der Waals surface area contributed by atoms with Crippen LogP contribution in [-0.2, 0) is 35.2 Å². The molecule has 0 aliphatic rings. The van der Waals surface area contributed by atoms with E-state index in [1.807, 2.05) is 0 Å². The van der Waals surface area contributed by atoms with Gasteiger partial charge < -0.3 is 37.6 Å². The molecule has 4 unspecified atom stereocenters. The molecule has 0 bridgehead atoms. The molecule has 0 aliphatic heterocycles. The standard InChI is InChI=1S/C22H31N5O8/c1-11(2)18(21(33)26-15(22(34)35)10-17(29)30)27-20(32)14(9-16(24)28)25-19(31)13(23)8-12-6-4-3-5-7-12/h3-7,11,13-15,18H,8-10,23H2,1-2H3,(H2,24,28)(H,25,31)(H,26,33)(H,27,32)(H,29,30)(H,34,35). The Morgan fingerprint density at radius 3 is 1.89 bits per heavy atom. The predicted molar refractivity (Wildman–Crippen MR) is 122 cm³/mol. The van der Waals surface area contributed by atoms with Gasteiger partial charge in [-0.3, -0.25) is 24.0 Å². The normalized spacial score (nSPS) is 14.2. The molecule has 0 saturated carbocycles. The summed E-state index contributed by atoms with van der Waals surface area (Å²) in [6.45, 7) is 3.10. The molecule has 4 atom stereocenters. The number of primary amides is 1. The smallest absolute Gasteiger partial charge is 0.326 e. The van der Waals surface area contributed by atoms with Gasteiger partial charge >= 0.3 is 11.9 Å². The highest BCUT2D eigenvalue weighted by Crippen LogP contribution is 2.07. The van der Waals surface area contributed by atoms with Crippen LogP contribution in [0, 0.1) is 5.92 Å². The van der Waals surface area contributed by atoms with Crippen LogP contribution in [0.4, 0.5) is 0 Å². The molecule has 0 heterocycles. The summed E-state index contributed by atoms with van der Waals surface area (Å²) in [5, 5.41) is 24.8. The van der Waals surface area contributed by atoms with Gasteiger partial charge in [-0.15, -0.1) is 0 Å². The molecule has 1 rings (SSSR count). The summed E-state index contributed by atoms with van der Waals surface area (Å²) in [4.78, 5) is 71.6. The molecule has 0 saturated heterocycles. The fourth-order valence-electron chi connectivity index (χ4n) is 3.07. The van der Waals surface area contributed by atoms with Gasteiger partial charge in [-0.25, -0.2) is 4.79 Å². The number of carboxylic acids is 2. The number of rotatable bonds is 14. The second kappa shape index (κ2) is 13.6. The van der Waals surface area contributed by atoms with Crippen molar-refractivity contribution in [3.8, 4) is 0 Å². The Labute approximate surface area is 201 Å². The average Bonchev–Trinajstić information content (AvgIpc) is 2.75. The average molecular weight is 494 g/mol. The third-order valence-electron chi connectivity index (χ3n) is 4.91. The van der Waals surface area contributed by atoms with Gasteiger partial charge in [0, 0.05) is 0 Å². The molecular weight excluding hydrogens is 462 g/mol. The molecule has 192 valence electrons. The Kier molecular flexibility index (Phi) is 11.3. The van der Waals surface area contributed by atoms with Gasteiger partial charge in [0.05, 0.1) is 18.9 Å². The van der Waals surface area contributed by atoms with Crippen molar-refractivity contribution in [1.82, 2.24) is 16.0 Å². The fourth-order valence-corrected chi connectivity index (χ4v) is 3.07. The zero-order valence-electron chi connectivity index (χ0n) is 19.4. The Morgan fingerprint density at radius 2 is 1.40 bits per heavy atom. The van der Waals surface area contributed by atoms with Crippen LogP contribution in [0.1, 0.15) is 32.3 Å². The highest BCUT2D eigenvalue weighted by Gasteiger charge is 2.33. The van der Waals surface area contributed by atoms with Crippen molar-refractivity contribution in [2.45, 2.75) is 57.3 Å². The molecule has 13 heteroatoms. The van der Waals surface area contributed by atoms with E-state index in [-0.39, 0.29) is 6.42 Å². The summed E-state index contributed by atoms with van der Waals surface area (Å²) in [6.07, 6.45) is -1.30. The molecule has 9 N–H and O–H groups in total. The van der Waals surface area contributed by atoms with E-state index in [4.69, 9.17) is 21.7 Å². The van der Waals surface area contributed by atoms with Gasteiger partial charge in [0.15, 0.2) is 0 Å². The van der Waals surface area contributed by atoms with Gasteiger partial charge in [-0.2, -0.15) is 0 Å². The lowest BCUT2D eigenvalue weighted by atomic mass is 10.0. The first kappa shape index (κ1) is 29.0. The number of amides is 4. The maximum absolute atomic E-state index is 12.8. The van der Waals surface area contributed by atoms with E-state index in [1.54, 1.807) is 44.2 Å². The first-order valence-corrected chi connectivity index (χ1v) is 10.7. The number of nitrogens with two attached hydrogens (primary N) is 2. The Balaban J connectivity index is 2.94. The van der Waals surface area contributed by atoms with Crippen molar-refractivity contribution in [3.63, 3.8) is 0 Å². The zero-order chi connectivity index (χ0) is 26.7. The number of carbonyl (C=O) groups excluding carboxylic acids is 4. The monoisotopic (exact) mass is 493 g/mol. The van der Waals surface area contributed by atoms with E-state index in [0.29, 0.717) is 0 Å². The molecule has 1 aromatic carbocycles.